The first-order valence-corrected chi connectivity index (χ1v) is 10.2. The van der Waals surface area contributed by atoms with Crippen LogP contribution in [0.5, 0.6) is 0 Å². The highest BCUT2D eigenvalue weighted by atomic mass is 32.1. The van der Waals surface area contributed by atoms with E-state index < -0.39 is 0 Å². The van der Waals surface area contributed by atoms with Crippen LogP contribution in [0.2, 0.25) is 0 Å². The van der Waals surface area contributed by atoms with Gasteiger partial charge in [0.15, 0.2) is 0 Å². The Labute approximate surface area is 159 Å². The number of carbonyl (C=O) groups is 2. The maximum atomic E-state index is 12.8. The van der Waals surface area contributed by atoms with Gasteiger partial charge in [-0.25, -0.2) is 0 Å². The molecule has 3 rings (SSSR count). The van der Waals surface area contributed by atoms with E-state index in [1.807, 2.05) is 43.6 Å². The number of rotatable bonds is 5. The summed E-state index contributed by atoms with van der Waals surface area (Å²) in [5, 5.41) is 5.01. The van der Waals surface area contributed by atoms with Gasteiger partial charge in [0.25, 0.3) is 5.91 Å². The Hall–Kier alpha value is -2.14. The zero-order valence-electron chi connectivity index (χ0n) is 15.4. The summed E-state index contributed by atoms with van der Waals surface area (Å²) >= 11 is 1.65. The molecular formula is C21H26N2O2S. The lowest BCUT2D eigenvalue weighted by molar-refractivity contribution is -0.120. The van der Waals surface area contributed by atoms with Gasteiger partial charge in [-0.15, -0.1) is 11.3 Å². The Morgan fingerprint density at radius 3 is 2.62 bits per heavy atom. The molecule has 1 atom stereocenters. The summed E-state index contributed by atoms with van der Waals surface area (Å²) in [6, 6.07) is 11.3. The summed E-state index contributed by atoms with van der Waals surface area (Å²) in [5.41, 5.74) is 1.29. The fraction of sp³-hybridized carbons (Fsp3) is 0.429. The number of nitrogens with zero attached hydrogens (tertiary/aromatic N) is 1. The van der Waals surface area contributed by atoms with Crippen LogP contribution in [0.25, 0.3) is 0 Å². The van der Waals surface area contributed by atoms with E-state index in [1.54, 1.807) is 28.4 Å². The van der Waals surface area contributed by atoms with Gasteiger partial charge in [-0.1, -0.05) is 31.4 Å². The molecule has 1 unspecified atom stereocenters. The second-order valence-corrected chi connectivity index (χ2v) is 7.99. The second-order valence-electron chi connectivity index (χ2n) is 7.01. The van der Waals surface area contributed by atoms with E-state index in [-0.39, 0.29) is 23.8 Å². The van der Waals surface area contributed by atoms with Crippen LogP contribution < -0.4 is 5.32 Å². The van der Waals surface area contributed by atoms with Crippen molar-refractivity contribution in [2.24, 2.45) is 5.92 Å². The molecule has 2 amide bonds. The van der Waals surface area contributed by atoms with Crippen molar-refractivity contribution in [2.45, 2.75) is 45.1 Å². The van der Waals surface area contributed by atoms with Crippen LogP contribution in [-0.2, 0) is 4.79 Å². The smallest absolute Gasteiger partial charge is 0.254 e. The van der Waals surface area contributed by atoms with Gasteiger partial charge in [0.2, 0.25) is 5.91 Å². The Morgan fingerprint density at radius 2 is 1.92 bits per heavy atom. The molecule has 0 saturated heterocycles. The van der Waals surface area contributed by atoms with Gasteiger partial charge >= 0.3 is 0 Å². The molecule has 4 nitrogen and oxygen atoms in total. The zero-order chi connectivity index (χ0) is 18.5. The number of anilines is 1. The summed E-state index contributed by atoms with van der Waals surface area (Å²) in [7, 11) is 1.82. The minimum Gasteiger partial charge on any atom is -0.334 e. The van der Waals surface area contributed by atoms with E-state index in [1.165, 1.54) is 6.42 Å². The highest BCUT2D eigenvalue weighted by Crippen LogP contribution is 2.27. The molecule has 26 heavy (non-hydrogen) atoms. The van der Waals surface area contributed by atoms with Crippen molar-refractivity contribution in [1.29, 1.82) is 0 Å². The molecule has 2 aromatic rings. The van der Waals surface area contributed by atoms with E-state index in [9.17, 15) is 9.59 Å². The van der Waals surface area contributed by atoms with Crippen molar-refractivity contribution in [3.05, 3.63) is 52.2 Å². The number of hydrogen-bond donors (Lipinski definition) is 1. The molecule has 1 heterocycles. The predicted octanol–water partition coefficient (Wildman–Crippen LogP) is 5.10. The van der Waals surface area contributed by atoms with Crippen LogP contribution in [0, 0.1) is 5.92 Å². The minimum atomic E-state index is -0.0420. The first-order chi connectivity index (χ1) is 12.6. The van der Waals surface area contributed by atoms with Crippen LogP contribution >= 0.6 is 11.3 Å². The molecule has 1 aromatic carbocycles. The molecule has 0 spiro atoms. The number of hydrogen-bond acceptors (Lipinski definition) is 3. The first-order valence-electron chi connectivity index (χ1n) is 9.28. The Morgan fingerprint density at radius 1 is 1.15 bits per heavy atom. The molecule has 0 bridgehead atoms. The molecule has 138 valence electrons. The highest BCUT2D eigenvalue weighted by molar-refractivity contribution is 7.10. The number of nitrogens with one attached hydrogen (secondary N) is 1. The lowest BCUT2D eigenvalue weighted by Gasteiger charge is -2.24. The van der Waals surface area contributed by atoms with E-state index in [2.05, 4.69) is 5.32 Å². The zero-order valence-corrected chi connectivity index (χ0v) is 16.2. The molecule has 1 saturated carbocycles. The summed E-state index contributed by atoms with van der Waals surface area (Å²) in [5.74, 6) is 0.138. The number of thiophene rings is 1. The van der Waals surface area contributed by atoms with Crippen molar-refractivity contribution in [3.63, 3.8) is 0 Å². The average molecular weight is 371 g/mol. The van der Waals surface area contributed by atoms with Gasteiger partial charge < -0.3 is 10.2 Å². The number of carbonyl (C=O) groups excluding carboxylic acids is 2. The molecule has 1 aliphatic rings. The normalized spacial score (nSPS) is 16.1. The van der Waals surface area contributed by atoms with Gasteiger partial charge in [0.05, 0.1) is 6.04 Å². The number of benzene rings is 1. The number of amides is 2. The lowest BCUT2D eigenvalue weighted by atomic mass is 9.88. The van der Waals surface area contributed by atoms with Gasteiger partial charge in [0, 0.05) is 29.1 Å². The largest absolute Gasteiger partial charge is 0.334 e. The monoisotopic (exact) mass is 370 g/mol. The fourth-order valence-electron chi connectivity index (χ4n) is 3.44. The van der Waals surface area contributed by atoms with Crippen LogP contribution in [0.3, 0.4) is 0 Å². The van der Waals surface area contributed by atoms with E-state index >= 15 is 0 Å². The maximum Gasteiger partial charge on any atom is 0.254 e. The Bertz CT molecular complexity index is 751. The average Bonchev–Trinajstić information content (AvgIpc) is 3.22. The van der Waals surface area contributed by atoms with Crippen LogP contribution in [-0.4, -0.2) is 23.8 Å². The Kier molecular flexibility index (Phi) is 6.09. The van der Waals surface area contributed by atoms with E-state index in [0.29, 0.717) is 11.3 Å². The van der Waals surface area contributed by atoms with Crippen molar-refractivity contribution in [1.82, 2.24) is 4.90 Å². The van der Waals surface area contributed by atoms with Crippen molar-refractivity contribution in [3.8, 4) is 0 Å². The quantitative estimate of drug-likeness (QED) is 0.796. The third-order valence-electron chi connectivity index (χ3n) is 5.21. The third kappa shape index (κ3) is 4.33. The topological polar surface area (TPSA) is 49.4 Å². The van der Waals surface area contributed by atoms with E-state index in [0.717, 1.165) is 30.6 Å². The summed E-state index contributed by atoms with van der Waals surface area (Å²) in [6.07, 6.45) is 5.41. The van der Waals surface area contributed by atoms with Gasteiger partial charge in [-0.05, 0) is 49.4 Å². The molecule has 1 aliphatic carbocycles. The molecular weight excluding hydrogens is 344 g/mol. The standard InChI is InChI=1S/C21H26N2O2S/c1-15(19-12-7-13-26-19)23(2)21(25)17-10-6-11-18(14-17)22-20(24)16-8-4-3-5-9-16/h6-7,10-16H,3-5,8-9H2,1-2H3,(H,22,24). The van der Waals surface area contributed by atoms with Crippen LogP contribution in [0.15, 0.2) is 41.8 Å². The lowest BCUT2D eigenvalue weighted by Crippen LogP contribution is -2.29. The SMILES string of the molecule is CC(c1cccs1)N(C)C(=O)c1cccc(NC(=O)C2CCCCC2)c1. The minimum absolute atomic E-state index is 0.0167. The van der Waals surface area contributed by atoms with Gasteiger partial charge in [-0.3, -0.25) is 9.59 Å². The Balaban J connectivity index is 1.68. The maximum absolute atomic E-state index is 12.8. The first kappa shape index (κ1) is 18.6. The molecule has 5 heteroatoms. The summed E-state index contributed by atoms with van der Waals surface area (Å²) < 4.78 is 0. The van der Waals surface area contributed by atoms with Gasteiger partial charge in [-0.2, -0.15) is 0 Å². The second kappa shape index (κ2) is 8.49. The van der Waals surface area contributed by atoms with E-state index in [4.69, 9.17) is 0 Å². The highest BCUT2D eigenvalue weighted by Gasteiger charge is 2.22. The molecule has 1 fully saturated rings. The third-order valence-corrected chi connectivity index (χ3v) is 6.25. The molecule has 1 aromatic heterocycles. The summed E-state index contributed by atoms with van der Waals surface area (Å²) in [6.45, 7) is 2.03. The van der Waals surface area contributed by atoms with Crippen molar-refractivity contribution < 1.29 is 9.59 Å². The van der Waals surface area contributed by atoms with Crippen molar-refractivity contribution >= 4 is 28.8 Å². The predicted molar refractivity (Wildman–Crippen MR) is 106 cm³/mol. The van der Waals surface area contributed by atoms with Crippen LogP contribution in [0.1, 0.15) is 60.3 Å². The van der Waals surface area contributed by atoms with Gasteiger partial charge in [0.1, 0.15) is 0 Å². The molecule has 0 aliphatic heterocycles. The molecule has 1 N–H and O–H groups in total. The van der Waals surface area contributed by atoms with Crippen LogP contribution in [0.4, 0.5) is 5.69 Å². The molecule has 0 radical (unpaired) electrons. The summed E-state index contributed by atoms with van der Waals surface area (Å²) in [4.78, 5) is 28.2. The van der Waals surface area contributed by atoms with Crippen molar-refractivity contribution in [2.75, 3.05) is 12.4 Å². The fourth-order valence-corrected chi connectivity index (χ4v) is 4.26.